The van der Waals surface area contributed by atoms with Gasteiger partial charge in [0.1, 0.15) is 5.65 Å². The lowest BCUT2D eigenvalue weighted by Gasteiger charge is -2.22. The molecule has 4 heterocycles. The van der Waals surface area contributed by atoms with E-state index in [1.54, 1.807) is 0 Å². The van der Waals surface area contributed by atoms with Gasteiger partial charge < -0.3 is 9.72 Å². The number of fused-ring (bicyclic) bond motifs is 1. The van der Waals surface area contributed by atoms with Gasteiger partial charge in [0.15, 0.2) is 0 Å². The lowest BCUT2D eigenvalue weighted by molar-refractivity contribution is 0.266. The fourth-order valence-corrected chi connectivity index (χ4v) is 3.82. The summed E-state index contributed by atoms with van der Waals surface area (Å²) in [7, 11) is 0. The van der Waals surface area contributed by atoms with Gasteiger partial charge in [0.2, 0.25) is 0 Å². The number of imidazole rings is 1. The van der Waals surface area contributed by atoms with Gasteiger partial charge in [0, 0.05) is 25.8 Å². The largest absolute Gasteiger partial charge is 0.316 e. The van der Waals surface area contributed by atoms with E-state index in [4.69, 9.17) is 11.6 Å². The minimum absolute atomic E-state index is 0.526. The predicted molar refractivity (Wildman–Crippen MR) is 80.0 cm³/mol. The number of aromatic nitrogens is 2. The number of halogens is 1. The molecule has 2 aliphatic rings. The second kappa shape index (κ2) is 4.72. The molecular weight excluding hydrogens is 272 g/mol. The Morgan fingerprint density at radius 2 is 2.30 bits per heavy atom. The molecule has 0 amide bonds. The first-order valence-electron chi connectivity index (χ1n) is 7.29. The Labute approximate surface area is 123 Å². The van der Waals surface area contributed by atoms with Gasteiger partial charge in [-0.05, 0) is 43.5 Å². The topological polar surface area (TPSA) is 32.6 Å². The monoisotopic (exact) mass is 290 g/mol. The zero-order valence-corrected chi connectivity index (χ0v) is 12.2. The number of hydrogen-bond acceptors (Lipinski definition) is 3. The molecule has 4 nitrogen and oxygen atoms in total. The van der Waals surface area contributed by atoms with Crippen molar-refractivity contribution < 1.29 is 0 Å². The quantitative estimate of drug-likeness (QED) is 0.920. The van der Waals surface area contributed by atoms with Crippen LogP contribution in [-0.4, -0.2) is 40.5 Å². The lowest BCUT2D eigenvalue weighted by atomic mass is 9.87. The molecule has 0 aromatic carbocycles. The highest BCUT2D eigenvalue weighted by Gasteiger charge is 2.40. The van der Waals surface area contributed by atoms with Crippen LogP contribution in [0.15, 0.2) is 24.5 Å². The molecule has 2 aromatic rings. The van der Waals surface area contributed by atoms with E-state index < -0.39 is 0 Å². The van der Waals surface area contributed by atoms with Gasteiger partial charge in [-0.3, -0.25) is 4.90 Å². The van der Waals surface area contributed by atoms with Gasteiger partial charge in [-0.2, -0.15) is 0 Å². The number of hydrogen-bond donors (Lipinski definition) is 1. The summed E-state index contributed by atoms with van der Waals surface area (Å²) in [5.41, 5.74) is 2.73. The van der Waals surface area contributed by atoms with Crippen LogP contribution >= 0.6 is 11.6 Å². The van der Waals surface area contributed by atoms with Crippen LogP contribution in [0.25, 0.3) is 5.65 Å². The van der Waals surface area contributed by atoms with Crippen LogP contribution in [0.2, 0.25) is 5.02 Å². The van der Waals surface area contributed by atoms with Crippen molar-refractivity contribution in [2.75, 3.05) is 26.2 Å². The van der Waals surface area contributed by atoms with Crippen LogP contribution in [0.4, 0.5) is 0 Å². The van der Waals surface area contributed by atoms with E-state index in [0.29, 0.717) is 5.41 Å². The Morgan fingerprint density at radius 3 is 3.15 bits per heavy atom. The highest BCUT2D eigenvalue weighted by molar-refractivity contribution is 6.30. The lowest BCUT2D eigenvalue weighted by Crippen LogP contribution is -2.29. The summed E-state index contributed by atoms with van der Waals surface area (Å²) in [6.45, 7) is 5.72. The number of rotatable bonds is 2. The number of likely N-dealkylation sites (tertiary alicyclic amines) is 1. The van der Waals surface area contributed by atoms with Gasteiger partial charge in [-0.15, -0.1) is 0 Å². The highest BCUT2D eigenvalue weighted by Crippen LogP contribution is 2.36. The highest BCUT2D eigenvalue weighted by atomic mass is 35.5. The van der Waals surface area contributed by atoms with Crippen LogP contribution in [0.3, 0.4) is 0 Å². The Bertz CT molecular complexity index is 630. The molecule has 0 saturated carbocycles. The van der Waals surface area contributed by atoms with Crippen LogP contribution in [-0.2, 0) is 6.54 Å². The molecule has 2 aliphatic heterocycles. The van der Waals surface area contributed by atoms with Gasteiger partial charge in [0.05, 0.1) is 16.9 Å². The summed E-state index contributed by atoms with van der Waals surface area (Å²) in [4.78, 5) is 7.01. The van der Waals surface area contributed by atoms with Gasteiger partial charge in [-0.25, -0.2) is 4.98 Å². The fraction of sp³-hybridized carbons (Fsp3) is 0.533. The van der Waals surface area contributed by atoms with Crippen molar-refractivity contribution in [3.63, 3.8) is 0 Å². The summed E-state index contributed by atoms with van der Waals surface area (Å²) in [6, 6.07) is 3.86. The van der Waals surface area contributed by atoms with Crippen LogP contribution in [0.1, 0.15) is 18.5 Å². The first kappa shape index (κ1) is 12.6. The normalized spacial score (nSPS) is 27.1. The predicted octanol–water partition coefficient (Wildman–Crippen LogP) is 2.17. The molecule has 0 aliphatic carbocycles. The molecule has 1 atom stereocenters. The summed E-state index contributed by atoms with van der Waals surface area (Å²) < 4.78 is 2.11. The smallest absolute Gasteiger partial charge is 0.137 e. The molecule has 2 aromatic heterocycles. The van der Waals surface area contributed by atoms with Crippen molar-refractivity contribution in [1.82, 2.24) is 19.6 Å². The molecule has 0 bridgehead atoms. The van der Waals surface area contributed by atoms with Crippen molar-refractivity contribution >= 4 is 17.2 Å². The zero-order chi connectivity index (χ0) is 13.6. The summed E-state index contributed by atoms with van der Waals surface area (Å²) in [5.74, 6) is 0. The van der Waals surface area contributed by atoms with E-state index in [2.05, 4.69) is 19.6 Å². The van der Waals surface area contributed by atoms with E-state index in [1.165, 1.54) is 44.7 Å². The third kappa shape index (κ3) is 2.12. The van der Waals surface area contributed by atoms with E-state index in [1.807, 2.05) is 24.5 Å². The van der Waals surface area contributed by atoms with Gasteiger partial charge in [-0.1, -0.05) is 11.6 Å². The van der Waals surface area contributed by atoms with E-state index in [0.717, 1.165) is 17.2 Å². The standard InChI is InChI=1S/C15H19ClN4/c16-12-1-2-14-18-7-13(20(14)8-12)9-19-6-4-15(11-19)3-5-17-10-15/h1-2,7-8,17H,3-6,9-11H2. The van der Waals surface area contributed by atoms with E-state index in [-0.39, 0.29) is 0 Å². The molecule has 106 valence electrons. The first-order chi connectivity index (χ1) is 9.74. The van der Waals surface area contributed by atoms with Crippen LogP contribution < -0.4 is 5.32 Å². The maximum Gasteiger partial charge on any atom is 0.137 e. The minimum atomic E-state index is 0.526. The summed E-state index contributed by atoms with van der Waals surface area (Å²) in [5, 5.41) is 4.27. The number of nitrogens with zero attached hydrogens (tertiary/aromatic N) is 3. The van der Waals surface area contributed by atoms with Crippen LogP contribution in [0.5, 0.6) is 0 Å². The molecule has 5 heteroatoms. The van der Waals surface area contributed by atoms with Crippen molar-refractivity contribution in [3.05, 3.63) is 35.2 Å². The third-order valence-electron chi connectivity index (χ3n) is 4.78. The summed E-state index contributed by atoms with van der Waals surface area (Å²) in [6.07, 6.45) is 6.58. The summed E-state index contributed by atoms with van der Waals surface area (Å²) >= 11 is 6.09. The van der Waals surface area contributed by atoms with Crippen LogP contribution in [0, 0.1) is 5.41 Å². The van der Waals surface area contributed by atoms with Gasteiger partial charge >= 0.3 is 0 Å². The molecule has 0 radical (unpaired) electrons. The average molecular weight is 291 g/mol. The molecule has 2 fully saturated rings. The molecule has 2 saturated heterocycles. The van der Waals surface area contributed by atoms with E-state index >= 15 is 0 Å². The molecule has 4 rings (SSSR count). The van der Waals surface area contributed by atoms with E-state index in [9.17, 15) is 0 Å². The number of nitrogens with one attached hydrogen (secondary N) is 1. The Balaban J connectivity index is 1.55. The first-order valence-corrected chi connectivity index (χ1v) is 7.67. The molecule has 1 unspecified atom stereocenters. The Kier molecular flexibility index (Phi) is 2.98. The second-order valence-corrected chi connectivity index (χ2v) is 6.65. The Morgan fingerprint density at radius 1 is 1.35 bits per heavy atom. The van der Waals surface area contributed by atoms with Crippen molar-refractivity contribution in [2.45, 2.75) is 19.4 Å². The number of pyridine rings is 1. The van der Waals surface area contributed by atoms with Crippen molar-refractivity contribution in [2.24, 2.45) is 5.41 Å². The molecule has 20 heavy (non-hydrogen) atoms. The second-order valence-electron chi connectivity index (χ2n) is 6.21. The zero-order valence-electron chi connectivity index (χ0n) is 11.5. The Hall–Kier alpha value is -1.10. The molecule has 1 spiro atoms. The molecular formula is C15H19ClN4. The SMILES string of the molecule is Clc1ccc2ncc(CN3CCC4(CCNC4)C3)n2c1. The van der Waals surface area contributed by atoms with Crippen molar-refractivity contribution in [1.29, 1.82) is 0 Å². The maximum absolute atomic E-state index is 6.09. The average Bonchev–Trinajstić information content (AvgIpc) is 3.14. The maximum atomic E-state index is 6.09. The molecule has 1 N–H and O–H groups in total. The minimum Gasteiger partial charge on any atom is -0.316 e. The van der Waals surface area contributed by atoms with Crippen molar-refractivity contribution in [3.8, 4) is 0 Å². The third-order valence-corrected chi connectivity index (χ3v) is 5.00. The fourth-order valence-electron chi connectivity index (χ4n) is 3.66. The van der Waals surface area contributed by atoms with Gasteiger partial charge in [0.25, 0.3) is 0 Å².